The van der Waals surface area contributed by atoms with E-state index in [0.717, 1.165) is 36.5 Å². The number of carbonyl (C=O) groups is 1. The van der Waals surface area contributed by atoms with Gasteiger partial charge in [-0.3, -0.25) is 10.1 Å². The molecule has 3 aromatic rings. The van der Waals surface area contributed by atoms with Crippen molar-refractivity contribution >= 4 is 22.4 Å². The summed E-state index contributed by atoms with van der Waals surface area (Å²) in [5.74, 6) is 1.24. The number of anilines is 1. The van der Waals surface area contributed by atoms with E-state index < -0.39 is 0 Å². The number of ether oxygens (including phenoxy) is 2. The largest absolute Gasteiger partial charge is 0.493 e. The van der Waals surface area contributed by atoms with Gasteiger partial charge in [-0.15, -0.1) is 11.3 Å². The molecule has 0 spiro atoms. The van der Waals surface area contributed by atoms with Gasteiger partial charge in [0.25, 0.3) is 5.91 Å². The molecule has 2 heterocycles. The number of rotatable bonds is 5. The predicted molar refractivity (Wildman–Crippen MR) is 111 cm³/mol. The lowest BCUT2D eigenvalue weighted by molar-refractivity contribution is -0.118. The Bertz CT molecular complexity index is 1010. The molecule has 4 rings (SSSR count). The maximum atomic E-state index is 12.2. The van der Waals surface area contributed by atoms with E-state index in [0.29, 0.717) is 10.9 Å². The van der Waals surface area contributed by atoms with E-state index >= 15 is 0 Å². The molecule has 0 aliphatic carbocycles. The Labute approximate surface area is 168 Å². The van der Waals surface area contributed by atoms with Crippen LogP contribution in [0.4, 0.5) is 5.13 Å². The topological polar surface area (TPSA) is 60.5 Å². The van der Waals surface area contributed by atoms with E-state index in [1.807, 2.05) is 23.6 Å². The predicted octanol–water partition coefficient (Wildman–Crippen LogP) is 4.77. The lowest BCUT2D eigenvalue weighted by Crippen LogP contribution is -2.20. The zero-order valence-electron chi connectivity index (χ0n) is 16.0. The molecule has 1 aliphatic heterocycles. The minimum Gasteiger partial charge on any atom is -0.493 e. The molecule has 0 saturated heterocycles. The smallest absolute Gasteiger partial charge is 0.264 e. The number of carbonyl (C=O) groups excluding carboxylic acids is 1. The molecule has 0 fully saturated rings. The van der Waals surface area contributed by atoms with Crippen molar-refractivity contribution in [3.8, 4) is 22.8 Å². The average Bonchev–Trinajstić information content (AvgIpc) is 3.14. The van der Waals surface area contributed by atoms with Crippen LogP contribution in [0.5, 0.6) is 11.5 Å². The van der Waals surface area contributed by atoms with E-state index in [-0.39, 0.29) is 12.5 Å². The van der Waals surface area contributed by atoms with Crippen LogP contribution in [0.1, 0.15) is 23.1 Å². The first kappa shape index (κ1) is 18.5. The minimum absolute atomic E-state index is 0.0722. The monoisotopic (exact) mass is 394 g/mol. The lowest BCUT2D eigenvalue weighted by Gasteiger charge is -2.17. The van der Waals surface area contributed by atoms with Gasteiger partial charge in [-0.05, 0) is 43.9 Å². The first-order valence-electron chi connectivity index (χ1n) is 9.30. The summed E-state index contributed by atoms with van der Waals surface area (Å²) in [6, 6.07) is 12.0. The summed E-state index contributed by atoms with van der Waals surface area (Å²) >= 11 is 1.41. The molecule has 0 atom stereocenters. The van der Waals surface area contributed by atoms with Crippen molar-refractivity contribution in [1.82, 2.24) is 4.98 Å². The number of benzene rings is 2. The summed E-state index contributed by atoms with van der Waals surface area (Å²) in [7, 11) is 0. The summed E-state index contributed by atoms with van der Waals surface area (Å²) in [6.45, 7) is 4.79. The van der Waals surface area contributed by atoms with Gasteiger partial charge in [0.2, 0.25) is 0 Å². The second-order valence-electron chi connectivity index (χ2n) is 6.91. The molecule has 6 heteroatoms. The van der Waals surface area contributed by atoms with Crippen LogP contribution in [0.3, 0.4) is 0 Å². The molecule has 0 bridgehead atoms. The summed E-state index contributed by atoms with van der Waals surface area (Å²) in [6.07, 6.45) is 2.05. The molecule has 0 radical (unpaired) electrons. The van der Waals surface area contributed by atoms with Gasteiger partial charge in [0.05, 0.1) is 12.3 Å². The average molecular weight is 394 g/mol. The first-order valence-corrected chi connectivity index (χ1v) is 10.2. The van der Waals surface area contributed by atoms with Crippen LogP contribution >= 0.6 is 11.3 Å². The van der Waals surface area contributed by atoms with Crippen LogP contribution in [0.15, 0.2) is 41.8 Å². The third-order valence-corrected chi connectivity index (χ3v) is 5.42. The number of aromatic nitrogens is 1. The Balaban J connectivity index is 1.36. The van der Waals surface area contributed by atoms with E-state index in [1.54, 1.807) is 0 Å². The Morgan fingerprint density at radius 1 is 1.25 bits per heavy atom. The Morgan fingerprint density at radius 2 is 2.14 bits per heavy atom. The summed E-state index contributed by atoms with van der Waals surface area (Å²) in [5.41, 5.74) is 5.51. The van der Waals surface area contributed by atoms with Gasteiger partial charge in [-0.2, -0.15) is 0 Å². The number of hydrogen-bond acceptors (Lipinski definition) is 5. The Hall–Kier alpha value is -2.86. The number of aryl methyl sites for hydroxylation is 3. The number of hydrogen-bond donors (Lipinski definition) is 1. The summed E-state index contributed by atoms with van der Waals surface area (Å²) < 4.78 is 11.3. The first-order chi connectivity index (χ1) is 13.6. The molecular weight excluding hydrogens is 372 g/mol. The third-order valence-electron chi connectivity index (χ3n) is 4.66. The van der Waals surface area contributed by atoms with Gasteiger partial charge < -0.3 is 9.47 Å². The lowest BCUT2D eigenvalue weighted by atomic mass is 10.0. The van der Waals surface area contributed by atoms with Crippen LogP contribution in [0.2, 0.25) is 0 Å². The van der Waals surface area contributed by atoms with Crippen LogP contribution < -0.4 is 14.8 Å². The highest BCUT2D eigenvalue weighted by Gasteiger charge is 2.13. The molecule has 2 aromatic carbocycles. The molecule has 1 aromatic heterocycles. The van der Waals surface area contributed by atoms with E-state index in [2.05, 4.69) is 42.3 Å². The van der Waals surface area contributed by atoms with Gasteiger partial charge in [0.15, 0.2) is 11.7 Å². The standard InChI is InChI=1S/C22H22N2O3S/c1-14-5-8-18(15(2)10-14)19-13-28-22(23-19)24-21(25)12-27-17-7-6-16-4-3-9-26-20(16)11-17/h5-8,10-11,13H,3-4,9,12H2,1-2H3,(H,23,24,25). The van der Waals surface area contributed by atoms with Crippen molar-refractivity contribution in [2.24, 2.45) is 0 Å². The number of amides is 1. The minimum atomic E-state index is -0.236. The highest BCUT2D eigenvalue weighted by atomic mass is 32.1. The van der Waals surface area contributed by atoms with Crippen LogP contribution in [-0.4, -0.2) is 24.1 Å². The fourth-order valence-corrected chi connectivity index (χ4v) is 4.00. The molecule has 0 unspecified atom stereocenters. The molecule has 1 aliphatic rings. The van der Waals surface area contributed by atoms with E-state index in [9.17, 15) is 4.79 Å². The van der Waals surface area contributed by atoms with Crippen molar-refractivity contribution in [3.05, 3.63) is 58.5 Å². The summed E-state index contributed by atoms with van der Waals surface area (Å²) in [5, 5.41) is 5.33. The van der Waals surface area contributed by atoms with Gasteiger partial charge in [-0.25, -0.2) is 4.98 Å². The van der Waals surface area contributed by atoms with Crippen molar-refractivity contribution in [2.45, 2.75) is 26.7 Å². The highest BCUT2D eigenvalue weighted by molar-refractivity contribution is 7.14. The van der Waals surface area contributed by atoms with Crippen LogP contribution in [0, 0.1) is 13.8 Å². The fourth-order valence-electron chi connectivity index (χ4n) is 3.27. The number of nitrogens with one attached hydrogen (secondary N) is 1. The van der Waals surface area contributed by atoms with Gasteiger partial charge in [-0.1, -0.05) is 29.8 Å². The van der Waals surface area contributed by atoms with Crippen LogP contribution in [0.25, 0.3) is 11.3 Å². The summed E-state index contributed by atoms with van der Waals surface area (Å²) in [4.78, 5) is 16.8. The second kappa shape index (κ2) is 8.02. The van der Waals surface area contributed by atoms with Crippen molar-refractivity contribution in [1.29, 1.82) is 0 Å². The fraction of sp³-hybridized carbons (Fsp3) is 0.273. The number of fused-ring (bicyclic) bond motifs is 1. The van der Waals surface area contributed by atoms with E-state index in [1.165, 1.54) is 28.0 Å². The zero-order chi connectivity index (χ0) is 19.5. The Morgan fingerprint density at radius 3 is 3.00 bits per heavy atom. The van der Waals surface area contributed by atoms with E-state index in [4.69, 9.17) is 9.47 Å². The zero-order valence-corrected chi connectivity index (χ0v) is 16.8. The number of thiazole rings is 1. The third kappa shape index (κ3) is 4.17. The van der Waals surface area contributed by atoms with Gasteiger partial charge in [0, 0.05) is 17.0 Å². The maximum Gasteiger partial charge on any atom is 0.264 e. The molecule has 0 saturated carbocycles. The highest BCUT2D eigenvalue weighted by Crippen LogP contribution is 2.30. The SMILES string of the molecule is Cc1ccc(-c2csc(NC(=O)COc3ccc4c(c3)OCCC4)n2)c(C)c1. The van der Waals surface area contributed by atoms with Gasteiger partial charge in [0.1, 0.15) is 11.5 Å². The maximum absolute atomic E-state index is 12.2. The Kier molecular flexibility index (Phi) is 5.30. The number of nitrogens with zero attached hydrogens (tertiary/aromatic N) is 1. The van der Waals surface area contributed by atoms with Crippen molar-refractivity contribution in [3.63, 3.8) is 0 Å². The van der Waals surface area contributed by atoms with Crippen molar-refractivity contribution in [2.75, 3.05) is 18.5 Å². The molecule has 1 N–H and O–H groups in total. The second-order valence-corrected chi connectivity index (χ2v) is 7.77. The molecule has 144 valence electrons. The molecule has 5 nitrogen and oxygen atoms in total. The molecular formula is C22H22N2O3S. The normalized spacial score (nSPS) is 12.8. The molecule has 28 heavy (non-hydrogen) atoms. The van der Waals surface area contributed by atoms with Crippen LogP contribution in [-0.2, 0) is 11.2 Å². The quantitative estimate of drug-likeness (QED) is 0.677. The van der Waals surface area contributed by atoms with Crippen molar-refractivity contribution < 1.29 is 14.3 Å². The molecule has 1 amide bonds. The van der Waals surface area contributed by atoms with Gasteiger partial charge >= 0.3 is 0 Å².